The van der Waals surface area contributed by atoms with Crippen molar-refractivity contribution in [3.63, 3.8) is 0 Å². The summed E-state index contributed by atoms with van der Waals surface area (Å²) in [6, 6.07) is 18.2. The van der Waals surface area contributed by atoms with Gasteiger partial charge in [0.15, 0.2) is 0 Å². The monoisotopic (exact) mass is 404 g/mol. The number of carbonyl (C=O) groups is 1. The zero-order valence-corrected chi connectivity index (χ0v) is 16.1. The lowest BCUT2D eigenvalue weighted by molar-refractivity contribution is 0.102. The van der Waals surface area contributed by atoms with Crippen LogP contribution in [0.5, 0.6) is 5.75 Å². The van der Waals surface area contributed by atoms with Crippen LogP contribution < -0.4 is 10.1 Å². The molecule has 0 aliphatic heterocycles. The van der Waals surface area contributed by atoms with E-state index in [1.807, 2.05) is 36.4 Å². The molecule has 6 nitrogen and oxygen atoms in total. The number of ether oxygens (including phenoxy) is 1. The third-order valence-electron chi connectivity index (χ3n) is 4.17. The molecule has 1 amide bonds. The summed E-state index contributed by atoms with van der Waals surface area (Å²) >= 11 is 6.11. The number of hydrogen-bond acceptors (Lipinski definition) is 4. The number of nitrogens with zero attached hydrogens (tertiary/aromatic N) is 3. The molecule has 0 saturated carbocycles. The Morgan fingerprint density at radius 1 is 1.07 bits per heavy atom. The fourth-order valence-corrected chi connectivity index (χ4v) is 2.94. The second-order valence-corrected chi connectivity index (χ2v) is 6.67. The summed E-state index contributed by atoms with van der Waals surface area (Å²) in [5, 5.41) is 7.65. The van der Waals surface area contributed by atoms with E-state index in [4.69, 9.17) is 16.3 Å². The Balaban J connectivity index is 1.42. The highest BCUT2D eigenvalue weighted by Crippen LogP contribution is 2.24. The maximum atomic E-state index is 12.6. The molecule has 4 rings (SSSR count). The van der Waals surface area contributed by atoms with Crippen LogP contribution in [0.1, 0.15) is 15.9 Å². The Bertz CT molecular complexity index is 1130. The minimum absolute atomic E-state index is 0.227. The highest BCUT2D eigenvalue weighted by molar-refractivity contribution is 6.32. The van der Waals surface area contributed by atoms with Gasteiger partial charge in [-0.2, -0.15) is 5.10 Å². The first-order chi connectivity index (χ1) is 14.2. The number of amides is 1. The number of benzene rings is 2. The molecule has 0 saturated heterocycles. The van der Waals surface area contributed by atoms with Crippen molar-refractivity contribution in [2.45, 2.75) is 6.61 Å². The third-order valence-corrected chi connectivity index (χ3v) is 4.48. The Kier molecular flexibility index (Phi) is 5.54. The number of pyridine rings is 1. The maximum Gasteiger partial charge on any atom is 0.255 e. The largest absolute Gasteiger partial charge is 0.487 e. The van der Waals surface area contributed by atoms with E-state index in [9.17, 15) is 4.79 Å². The van der Waals surface area contributed by atoms with Crippen LogP contribution in [0.15, 0.2) is 85.5 Å². The average Bonchev–Trinajstić information content (AvgIpc) is 3.22. The van der Waals surface area contributed by atoms with E-state index < -0.39 is 0 Å². The van der Waals surface area contributed by atoms with Crippen molar-refractivity contribution >= 4 is 23.2 Å². The van der Waals surface area contributed by atoms with E-state index in [-0.39, 0.29) is 5.91 Å². The van der Waals surface area contributed by atoms with Crippen molar-refractivity contribution in [1.82, 2.24) is 14.8 Å². The number of hydrogen-bond donors (Lipinski definition) is 1. The second-order valence-electron chi connectivity index (χ2n) is 6.26. The van der Waals surface area contributed by atoms with Crippen molar-refractivity contribution in [2.75, 3.05) is 5.32 Å². The van der Waals surface area contributed by atoms with Crippen LogP contribution in [0.3, 0.4) is 0 Å². The topological polar surface area (TPSA) is 69.0 Å². The van der Waals surface area contributed by atoms with Gasteiger partial charge in [-0.15, -0.1) is 0 Å². The molecule has 2 aromatic heterocycles. The first kappa shape index (κ1) is 18.7. The number of aromatic nitrogens is 3. The smallest absolute Gasteiger partial charge is 0.255 e. The van der Waals surface area contributed by atoms with Crippen molar-refractivity contribution in [1.29, 1.82) is 0 Å². The molecule has 144 valence electrons. The van der Waals surface area contributed by atoms with E-state index in [2.05, 4.69) is 15.4 Å². The quantitative estimate of drug-likeness (QED) is 0.503. The minimum atomic E-state index is -0.227. The Hall–Kier alpha value is -3.64. The van der Waals surface area contributed by atoms with Gasteiger partial charge in [-0.05, 0) is 42.0 Å². The molecule has 0 bridgehead atoms. The Morgan fingerprint density at radius 2 is 1.97 bits per heavy atom. The Labute approximate surface area is 172 Å². The fraction of sp³-hybridized carbons (Fsp3) is 0.0455. The van der Waals surface area contributed by atoms with Gasteiger partial charge < -0.3 is 10.1 Å². The number of anilines is 1. The van der Waals surface area contributed by atoms with Gasteiger partial charge in [-0.25, -0.2) is 4.68 Å². The molecule has 0 unspecified atom stereocenters. The molecule has 7 heteroatoms. The van der Waals surface area contributed by atoms with Gasteiger partial charge in [-0.1, -0.05) is 35.9 Å². The molecule has 29 heavy (non-hydrogen) atoms. The third kappa shape index (κ3) is 4.62. The average molecular weight is 405 g/mol. The zero-order valence-electron chi connectivity index (χ0n) is 15.3. The van der Waals surface area contributed by atoms with Gasteiger partial charge in [0.25, 0.3) is 5.91 Å². The van der Waals surface area contributed by atoms with Crippen LogP contribution >= 0.6 is 11.6 Å². The van der Waals surface area contributed by atoms with Crippen molar-refractivity contribution in [3.05, 3.63) is 102 Å². The van der Waals surface area contributed by atoms with Crippen LogP contribution in [-0.4, -0.2) is 20.7 Å². The predicted molar refractivity (Wildman–Crippen MR) is 112 cm³/mol. The van der Waals surface area contributed by atoms with E-state index >= 15 is 0 Å². The molecule has 4 aromatic rings. The van der Waals surface area contributed by atoms with E-state index in [1.165, 1.54) is 0 Å². The van der Waals surface area contributed by atoms with E-state index in [0.717, 1.165) is 11.3 Å². The summed E-state index contributed by atoms with van der Waals surface area (Å²) < 4.78 is 7.39. The zero-order chi connectivity index (χ0) is 20.1. The highest BCUT2D eigenvalue weighted by Gasteiger charge is 2.10. The SMILES string of the molecule is O=C(Nc1cnn(-c2cccnc2)c1)c1cccc(COc2ccccc2Cl)c1. The van der Waals surface area contributed by atoms with Gasteiger partial charge in [0.2, 0.25) is 0 Å². The summed E-state index contributed by atoms with van der Waals surface area (Å²) in [6.07, 6.45) is 6.72. The minimum Gasteiger partial charge on any atom is -0.487 e. The molecule has 1 N–H and O–H groups in total. The number of carbonyl (C=O) groups excluding carboxylic acids is 1. The number of rotatable bonds is 6. The fourth-order valence-electron chi connectivity index (χ4n) is 2.75. The van der Waals surface area contributed by atoms with Crippen LogP contribution in [0.4, 0.5) is 5.69 Å². The van der Waals surface area contributed by atoms with Crippen molar-refractivity contribution in [2.24, 2.45) is 0 Å². The summed E-state index contributed by atoms with van der Waals surface area (Å²) in [7, 11) is 0. The van der Waals surface area contributed by atoms with Crippen LogP contribution in [0.25, 0.3) is 5.69 Å². The van der Waals surface area contributed by atoms with E-state index in [1.54, 1.807) is 53.7 Å². The standard InChI is InChI=1S/C22H17ClN4O2/c23-20-8-1-2-9-21(20)29-15-16-5-3-6-17(11-16)22(28)26-18-12-25-27(14-18)19-7-4-10-24-13-19/h1-14H,15H2,(H,26,28). The lowest BCUT2D eigenvalue weighted by atomic mass is 10.1. The van der Waals surface area contributed by atoms with Crippen LogP contribution in [0.2, 0.25) is 5.02 Å². The Morgan fingerprint density at radius 3 is 2.79 bits per heavy atom. The summed E-state index contributed by atoms with van der Waals surface area (Å²) in [5.74, 6) is 0.377. The summed E-state index contributed by atoms with van der Waals surface area (Å²) in [4.78, 5) is 16.7. The van der Waals surface area contributed by atoms with Gasteiger partial charge >= 0.3 is 0 Å². The van der Waals surface area contributed by atoms with Gasteiger partial charge in [0.05, 0.1) is 35.0 Å². The molecule has 0 spiro atoms. The highest BCUT2D eigenvalue weighted by atomic mass is 35.5. The number of para-hydroxylation sites is 1. The first-order valence-electron chi connectivity index (χ1n) is 8.92. The van der Waals surface area contributed by atoms with Gasteiger partial charge in [0, 0.05) is 11.8 Å². The molecular weight excluding hydrogens is 388 g/mol. The van der Waals surface area contributed by atoms with Gasteiger partial charge in [0.1, 0.15) is 12.4 Å². The van der Waals surface area contributed by atoms with Crippen LogP contribution in [-0.2, 0) is 6.61 Å². The lowest BCUT2D eigenvalue weighted by Gasteiger charge is -2.09. The summed E-state index contributed by atoms with van der Waals surface area (Å²) in [6.45, 7) is 0.309. The summed E-state index contributed by atoms with van der Waals surface area (Å²) in [5.41, 5.74) is 2.80. The van der Waals surface area contributed by atoms with Gasteiger partial charge in [-0.3, -0.25) is 9.78 Å². The van der Waals surface area contributed by atoms with Crippen molar-refractivity contribution in [3.8, 4) is 11.4 Å². The molecule has 2 aromatic carbocycles. The number of nitrogens with one attached hydrogen (secondary N) is 1. The first-order valence-corrected chi connectivity index (χ1v) is 9.29. The molecule has 0 aliphatic rings. The second kappa shape index (κ2) is 8.58. The lowest BCUT2D eigenvalue weighted by Crippen LogP contribution is -2.12. The predicted octanol–water partition coefficient (Wildman–Crippen LogP) is 4.75. The maximum absolute atomic E-state index is 12.6. The molecule has 0 atom stereocenters. The van der Waals surface area contributed by atoms with Crippen LogP contribution in [0, 0.1) is 0 Å². The molecular formula is C22H17ClN4O2. The normalized spacial score (nSPS) is 10.5. The molecule has 0 fully saturated rings. The van der Waals surface area contributed by atoms with E-state index in [0.29, 0.717) is 28.6 Å². The number of halogens is 1. The van der Waals surface area contributed by atoms with Crippen molar-refractivity contribution < 1.29 is 9.53 Å². The molecule has 2 heterocycles. The molecule has 0 radical (unpaired) electrons. The molecule has 0 aliphatic carbocycles.